The van der Waals surface area contributed by atoms with Gasteiger partial charge in [-0.25, -0.2) is 8.42 Å². The van der Waals surface area contributed by atoms with E-state index in [0.717, 1.165) is 16.1 Å². The molecule has 0 spiro atoms. The molecule has 8 nitrogen and oxygen atoms in total. The highest BCUT2D eigenvalue weighted by Crippen LogP contribution is 2.31. The second-order valence-corrected chi connectivity index (χ2v) is 13.6. The second kappa shape index (κ2) is 14.3. The number of ether oxygens (including phenoxy) is 1. The van der Waals surface area contributed by atoms with E-state index in [1.54, 1.807) is 49.4 Å². The molecule has 0 heterocycles. The second-order valence-electron chi connectivity index (χ2n) is 10.9. The van der Waals surface area contributed by atoms with Crippen molar-refractivity contribution in [3.63, 3.8) is 0 Å². The van der Waals surface area contributed by atoms with Gasteiger partial charge in [-0.2, -0.15) is 0 Å². The molecule has 0 unspecified atom stereocenters. The number of nitrogens with one attached hydrogen (secondary N) is 1. The summed E-state index contributed by atoms with van der Waals surface area (Å²) in [5.74, 6) is -0.662. The number of nitrogens with zero attached hydrogens (tertiary/aromatic N) is 2. The first-order valence-corrected chi connectivity index (χ1v) is 16.1. The van der Waals surface area contributed by atoms with Crippen LogP contribution in [0.2, 0.25) is 10.0 Å². The summed E-state index contributed by atoms with van der Waals surface area (Å²) < 4.78 is 32.8. The minimum atomic E-state index is -3.95. The van der Waals surface area contributed by atoms with Gasteiger partial charge in [-0.15, -0.1) is 0 Å². The Bertz CT molecular complexity index is 1490. The highest BCUT2D eigenvalue weighted by Gasteiger charge is 2.35. The molecule has 226 valence electrons. The highest BCUT2D eigenvalue weighted by atomic mass is 35.5. The molecule has 2 amide bonds. The number of sulfonamides is 1. The van der Waals surface area contributed by atoms with Crippen molar-refractivity contribution in [3.05, 3.63) is 94.0 Å². The van der Waals surface area contributed by atoms with Crippen LogP contribution in [-0.4, -0.2) is 56.1 Å². The predicted octanol–water partition coefficient (Wildman–Crippen LogP) is 5.71. The van der Waals surface area contributed by atoms with Gasteiger partial charge >= 0.3 is 0 Å². The number of hydrogen-bond donors (Lipinski definition) is 1. The van der Waals surface area contributed by atoms with Gasteiger partial charge in [0.2, 0.25) is 21.8 Å². The number of benzene rings is 3. The molecule has 0 saturated carbocycles. The van der Waals surface area contributed by atoms with E-state index in [4.69, 9.17) is 27.9 Å². The third-order valence-electron chi connectivity index (χ3n) is 6.24. The standard InChI is InChI=1S/C31H37Cl2N3O5S/c1-6-41-28-15-11-10-14-26(28)36(42(5,39)40)21-29(37)35(20-23-16-17-24(32)19-25(23)33)27(30(38)34-31(2,3)4)18-22-12-8-7-9-13-22/h7-17,19,27H,6,18,20-21H2,1-5H3,(H,34,38)/t27-/m1/s1. The Hall–Kier alpha value is -3.27. The molecule has 42 heavy (non-hydrogen) atoms. The van der Waals surface area contributed by atoms with Crippen LogP contribution >= 0.6 is 23.2 Å². The minimum absolute atomic E-state index is 0.0609. The van der Waals surface area contributed by atoms with Crippen molar-refractivity contribution >= 4 is 50.7 Å². The maximum atomic E-state index is 14.3. The van der Waals surface area contributed by atoms with Gasteiger partial charge in [-0.1, -0.05) is 71.7 Å². The maximum absolute atomic E-state index is 14.3. The summed E-state index contributed by atoms with van der Waals surface area (Å²) in [5.41, 5.74) is 1.01. The Labute approximate surface area is 258 Å². The van der Waals surface area contributed by atoms with Crippen LogP contribution in [0.1, 0.15) is 38.8 Å². The molecule has 3 aromatic rings. The lowest BCUT2D eigenvalue weighted by Gasteiger charge is -2.35. The molecular weight excluding hydrogens is 597 g/mol. The number of carbonyl (C=O) groups is 2. The number of carbonyl (C=O) groups excluding carboxylic acids is 2. The van der Waals surface area contributed by atoms with Crippen molar-refractivity contribution in [2.24, 2.45) is 0 Å². The molecule has 0 radical (unpaired) electrons. The van der Waals surface area contributed by atoms with E-state index in [0.29, 0.717) is 28.0 Å². The summed E-state index contributed by atoms with van der Waals surface area (Å²) in [6.45, 7) is 7.01. The number of hydrogen-bond acceptors (Lipinski definition) is 5. The molecule has 0 saturated heterocycles. The van der Waals surface area contributed by atoms with Gasteiger partial charge in [0.05, 0.1) is 18.6 Å². The molecule has 0 fully saturated rings. The van der Waals surface area contributed by atoms with Gasteiger partial charge in [-0.3, -0.25) is 13.9 Å². The van der Waals surface area contributed by atoms with Crippen molar-refractivity contribution in [3.8, 4) is 5.75 Å². The van der Waals surface area contributed by atoms with Gasteiger partial charge in [0.25, 0.3) is 0 Å². The zero-order valence-corrected chi connectivity index (χ0v) is 26.8. The molecule has 0 aromatic heterocycles. The average molecular weight is 635 g/mol. The van der Waals surface area contributed by atoms with Gasteiger partial charge in [0, 0.05) is 28.5 Å². The molecular formula is C31H37Cl2N3O5S. The van der Waals surface area contributed by atoms with Crippen molar-refractivity contribution in [2.75, 3.05) is 23.7 Å². The van der Waals surface area contributed by atoms with Crippen molar-refractivity contribution in [1.82, 2.24) is 10.2 Å². The van der Waals surface area contributed by atoms with Gasteiger partial charge in [0.1, 0.15) is 18.3 Å². The van der Waals surface area contributed by atoms with E-state index in [2.05, 4.69) is 5.32 Å². The Morgan fingerprint density at radius 2 is 1.62 bits per heavy atom. The van der Waals surface area contributed by atoms with Gasteiger partial charge in [0.15, 0.2) is 0 Å². The first kappa shape index (κ1) is 33.2. The smallest absolute Gasteiger partial charge is 0.244 e. The topological polar surface area (TPSA) is 96.0 Å². The van der Waals surface area contributed by atoms with E-state index in [1.165, 1.54) is 4.90 Å². The molecule has 11 heteroatoms. The minimum Gasteiger partial charge on any atom is -0.492 e. The molecule has 0 bridgehead atoms. The molecule has 0 aliphatic heterocycles. The van der Waals surface area contributed by atoms with Crippen molar-refractivity contribution in [1.29, 1.82) is 0 Å². The van der Waals surface area contributed by atoms with Crippen molar-refractivity contribution in [2.45, 2.75) is 52.2 Å². The Kier molecular flexibility index (Phi) is 11.3. The van der Waals surface area contributed by atoms with Crippen LogP contribution in [0.3, 0.4) is 0 Å². The SMILES string of the molecule is CCOc1ccccc1N(CC(=O)N(Cc1ccc(Cl)cc1Cl)[C@H](Cc1ccccc1)C(=O)NC(C)(C)C)S(C)(=O)=O. The lowest BCUT2D eigenvalue weighted by Crippen LogP contribution is -2.56. The molecule has 1 N–H and O–H groups in total. The summed E-state index contributed by atoms with van der Waals surface area (Å²) in [6.07, 6.45) is 1.21. The maximum Gasteiger partial charge on any atom is 0.244 e. The molecule has 1 atom stereocenters. The average Bonchev–Trinajstić information content (AvgIpc) is 2.90. The van der Waals surface area contributed by atoms with Crippen LogP contribution in [0.5, 0.6) is 5.75 Å². The zero-order chi connectivity index (χ0) is 31.1. The first-order valence-electron chi connectivity index (χ1n) is 13.5. The summed E-state index contributed by atoms with van der Waals surface area (Å²) in [7, 11) is -3.95. The van der Waals surface area contributed by atoms with Crippen LogP contribution in [0.4, 0.5) is 5.69 Å². The number of amides is 2. The third kappa shape index (κ3) is 9.37. The fourth-order valence-electron chi connectivity index (χ4n) is 4.38. The summed E-state index contributed by atoms with van der Waals surface area (Å²) in [5, 5.41) is 3.72. The highest BCUT2D eigenvalue weighted by molar-refractivity contribution is 7.92. The molecule has 0 aliphatic carbocycles. The Morgan fingerprint density at radius 1 is 0.976 bits per heavy atom. The molecule has 3 rings (SSSR count). The number of para-hydroxylation sites is 2. The number of halogens is 2. The zero-order valence-electron chi connectivity index (χ0n) is 24.4. The van der Waals surface area contributed by atoms with Gasteiger partial charge < -0.3 is 15.0 Å². The normalized spacial score (nSPS) is 12.4. The van der Waals surface area contributed by atoms with E-state index in [9.17, 15) is 18.0 Å². The van der Waals surface area contributed by atoms with Crippen LogP contribution in [0, 0.1) is 0 Å². The summed E-state index contributed by atoms with van der Waals surface area (Å²) >= 11 is 12.6. The fourth-order valence-corrected chi connectivity index (χ4v) is 5.70. The third-order valence-corrected chi connectivity index (χ3v) is 7.95. The lowest BCUT2D eigenvalue weighted by atomic mass is 10.0. The van der Waals surface area contributed by atoms with Crippen LogP contribution < -0.4 is 14.4 Å². The first-order chi connectivity index (χ1) is 19.7. The fraction of sp³-hybridized carbons (Fsp3) is 0.355. The van der Waals surface area contributed by atoms with E-state index < -0.39 is 34.1 Å². The van der Waals surface area contributed by atoms with Crippen LogP contribution in [-0.2, 0) is 32.6 Å². The summed E-state index contributed by atoms with van der Waals surface area (Å²) in [4.78, 5) is 29.5. The number of rotatable bonds is 12. The Morgan fingerprint density at radius 3 is 2.21 bits per heavy atom. The van der Waals surface area contributed by atoms with E-state index in [1.807, 2.05) is 51.1 Å². The monoisotopic (exact) mass is 633 g/mol. The van der Waals surface area contributed by atoms with Gasteiger partial charge in [-0.05, 0) is 63.1 Å². The summed E-state index contributed by atoms with van der Waals surface area (Å²) in [6, 6.07) is 19.8. The van der Waals surface area contributed by atoms with Crippen molar-refractivity contribution < 1.29 is 22.7 Å². The quantitative estimate of drug-likeness (QED) is 0.275. The largest absolute Gasteiger partial charge is 0.492 e. The van der Waals surface area contributed by atoms with E-state index in [-0.39, 0.29) is 24.6 Å². The molecule has 0 aliphatic rings. The van der Waals surface area contributed by atoms with E-state index >= 15 is 0 Å². The van der Waals surface area contributed by atoms with Crippen LogP contribution in [0.25, 0.3) is 0 Å². The number of anilines is 1. The predicted molar refractivity (Wildman–Crippen MR) is 169 cm³/mol. The van der Waals surface area contributed by atoms with Crippen LogP contribution in [0.15, 0.2) is 72.8 Å². The lowest BCUT2D eigenvalue weighted by molar-refractivity contribution is -0.140. The molecule has 3 aromatic carbocycles. The Balaban J connectivity index is 2.13.